The van der Waals surface area contributed by atoms with E-state index in [0.717, 1.165) is 12.1 Å². The number of ether oxygens (including phenoxy) is 1. The van der Waals surface area contributed by atoms with Gasteiger partial charge in [-0.2, -0.15) is 0 Å². The van der Waals surface area contributed by atoms with E-state index in [1.165, 1.54) is 11.9 Å². The Kier molecular flexibility index (Phi) is 5.40. The van der Waals surface area contributed by atoms with E-state index in [1.54, 1.807) is 0 Å². The Morgan fingerprint density at radius 1 is 1.36 bits per heavy atom. The Labute approximate surface area is 126 Å². The molecule has 0 saturated carbocycles. The van der Waals surface area contributed by atoms with Crippen LogP contribution in [0.1, 0.15) is 0 Å². The minimum atomic E-state index is -0.789. The number of hydrogen-bond acceptors (Lipinski definition) is 4. The first-order chi connectivity index (χ1) is 10.5. The summed E-state index contributed by atoms with van der Waals surface area (Å²) in [5.74, 6) is -2.40. The number of nitrogens with one attached hydrogen (secondary N) is 2. The highest BCUT2D eigenvalue weighted by atomic mass is 19.1. The molecule has 22 heavy (non-hydrogen) atoms. The summed E-state index contributed by atoms with van der Waals surface area (Å²) in [5, 5.41) is 5.34. The third-order valence-corrected chi connectivity index (χ3v) is 3.12. The molecule has 1 aromatic rings. The van der Waals surface area contributed by atoms with E-state index in [-0.39, 0.29) is 24.7 Å². The highest BCUT2D eigenvalue weighted by molar-refractivity contribution is 5.95. The molecular formula is C14H17F2N3O3. The van der Waals surface area contributed by atoms with Crippen molar-refractivity contribution in [2.24, 2.45) is 0 Å². The number of amides is 2. The van der Waals surface area contributed by atoms with Gasteiger partial charge >= 0.3 is 0 Å². The van der Waals surface area contributed by atoms with Crippen LogP contribution in [0, 0.1) is 11.6 Å². The van der Waals surface area contributed by atoms with Gasteiger partial charge in [0.25, 0.3) is 0 Å². The van der Waals surface area contributed by atoms with Crippen LogP contribution in [0.15, 0.2) is 18.2 Å². The fraction of sp³-hybridized carbons (Fsp3) is 0.429. The van der Waals surface area contributed by atoms with Crippen LogP contribution in [0.2, 0.25) is 0 Å². The van der Waals surface area contributed by atoms with Crippen molar-refractivity contribution >= 4 is 17.5 Å². The normalized spacial score (nSPS) is 17.9. The molecule has 2 amide bonds. The monoisotopic (exact) mass is 313 g/mol. The number of carbonyl (C=O) groups is 2. The van der Waals surface area contributed by atoms with Gasteiger partial charge in [-0.25, -0.2) is 8.78 Å². The summed E-state index contributed by atoms with van der Waals surface area (Å²) in [6, 6.07) is 2.22. The summed E-state index contributed by atoms with van der Waals surface area (Å²) in [6.07, 6.45) is 0. The molecule has 0 aliphatic carbocycles. The van der Waals surface area contributed by atoms with Crippen LogP contribution < -0.4 is 10.6 Å². The van der Waals surface area contributed by atoms with Gasteiger partial charge in [0.05, 0.1) is 19.8 Å². The molecule has 1 heterocycles. The number of hydrogen-bond donors (Lipinski definition) is 2. The zero-order valence-corrected chi connectivity index (χ0v) is 12.1. The van der Waals surface area contributed by atoms with Crippen LogP contribution in [0.3, 0.4) is 0 Å². The smallest absolute Gasteiger partial charge is 0.243 e. The van der Waals surface area contributed by atoms with Crippen LogP contribution >= 0.6 is 0 Å². The summed E-state index contributed by atoms with van der Waals surface area (Å²) in [6.45, 7) is 1.13. The van der Waals surface area contributed by atoms with Gasteiger partial charge in [0.15, 0.2) is 0 Å². The number of benzene rings is 1. The van der Waals surface area contributed by atoms with Gasteiger partial charge in [0.1, 0.15) is 17.7 Å². The molecule has 1 atom stereocenters. The quantitative estimate of drug-likeness (QED) is 0.841. The van der Waals surface area contributed by atoms with Crippen LogP contribution in [0.25, 0.3) is 0 Å². The molecule has 1 saturated heterocycles. The van der Waals surface area contributed by atoms with Gasteiger partial charge in [0.2, 0.25) is 11.8 Å². The van der Waals surface area contributed by atoms with Crippen molar-refractivity contribution in [3.63, 3.8) is 0 Å². The molecule has 1 aromatic carbocycles. The molecule has 1 aliphatic rings. The van der Waals surface area contributed by atoms with Crippen molar-refractivity contribution in [2.75, 3.05) is 38.7 Å². The molecule has 2 N–H and O–H groups in total. The summed E-state index contributed by atoms with van der Waals surface area (Å²) >= 11 is 0. The van der Waals surface area contributed by atoms with Gasteiger partial charge in [-0.05, 0) is 12.1 Å². The lowest BCUT2D eigenvalue weighted by molar-refractivity contribution is -0.137. The van der Waals surface area contributed by atoms with Crippen molar-refractivity contribution in [1.29, 1.82) is 0 Å². The zero-order chi connectivity index (χ0) is 16.1. The first kappa shape index (κ1) is 16.3. The molecule has 8 heteroatoms. The molecule has 1 aliphatic heterocycles. The molecule has 1 fully saturated rings. The molecule has 0 bridgehead atoms. The molecule has 0 radical (unpaired) electrons. The summed E-state index contributed by atoms with van der Waals surface area (Å²) in [7, 11) is 1.48. The van der Waals surface area contributed by atoms with Crippen molar-refractivity contribution in [3.8, 4) is 0 Å². The molecule has 0 spiro atoms. The zero-order valence-electron chi connectivity index (χ0n) is 12.1. The van der Waals surface area contributed by atoms with Gasteiger partial charge in [-0.1, -0.05) is 0 Å². The maximum absolute atomic E-state index is 13.0. The molecular weight excluding hydrogens is 296 g/mol. The van der Waals surface area contributed by atoms with Gasteiger partial charge in [-0.3, -0.25) is 9.59 Å². The van der Waals surface area contributed by atoms with Gasteiger partial charge in [-0.15, -0.1) is 0 Å². The van der Waals surface area contributed by atoms with Crippen LogP contribution in [0.4, 0.5) is 14.5 Å². The van der Waals surface area contributed by atoms with E-state index in [9.17, 15) is 18.4 Å². The van der Waals surface area contributed by atoms with Crippen LogP contribution in [-0.2, 0) is 14.3 Å². The second-order valence-corrected chi connectivity index (χ2v) is 4.98. The molecule has 6 nitrogen and oxygen atoms in total. The second kappa shape index (κ2) is 7.28. The van der Waals surface area contributed by atoms with Gasteiger partial charge in [0, 0.05) is 25.3 Å². The molecule has 0 aromatic heterocycles. The first-order valence-electron chi connectivity index (χ1n) is 6.78. The number of anilines is 1. The van der Waals surface area contributed by atoms with Crippen molar-refractivity contribution in [2.45, 2.75) is 6.04 Å². The van der Waals surface area contributed by atoms with E-state index in [1.807, 2.05) is 0 Å². The molecule has 1 unspecified atom stereocenters. The van der Waals surface area contributed by atoms with Crippen LogP contribution in [0.5, 0.6) is 0 Å². The number of likely N-dealkylation sites (N-methyl/N-ethyl adjacent to an activating group) is 1. The Balaban J connectivity index is 1.89. The Bertz CT molecular complexity index is 542. The second-order valence-electron chi connectivity index (χ2n) is 4.98. The Hall–Kier alpha value is -2.06. The fourth-order valence-corrected chi connectivity index (χ4v) is 2.11. The van der Waals surface area contributed by atoms with E-state index in [0.29, 0.717) is 19.2 Å². The highest BCUT2D eigenvalue weighted by Crippen LogP contribution is 2.12. The maximum Gasteiger partial charge on any atom is 0.243 e. The third kappa shape index (κ3) is 4.47. The van der Waals surface area contributed by atoms with Crippen molar-refractivity contribution in [1.82, 2.24) is 10.2 Å². The maximum atomic E-state index is 13.0. The third-order valence-electron chi connectivity index (χ3n) is 3.12. The predicted molar refractivity (Wildman–Crippen MR) is 75.2 cm³/mol. The average Bonchev–Trinajstić information content (AvgIpc) is 2.46. The minimum Gasteiger partial charge on any atom is -0.378 e. The summed E-state index contributed by atoms with van der Waals surface area (Å²) < 4.78 is 31.3. The van der Waals surface area contributed by atoms with Crippen molar-refractivity contribution in [3.05, 3.63) is 29.8 Å². The number of carbonyl (C=O) groups excluding carboxylic acids is 2. The average molecular weight is 313 g/mol. The van der Waals surface area contributed by atoms with E-state index in [2.05, 4.69) is 10.6 Å². The SMILES string of the molecule is CN(CC(=O)Nc1cc(F)cc(F)c1)C(=O)C1COCCN1. The lowest BCUT2D eigenvalue weighted by Crippen LogP contribution is -2.52. The number of morpholine rings is 1. The lowest BCUT2D eigenvalue weighted by Gasteiger charge is -2.27. The van der Waals surface area contributed by atoms with Crippen molar-refractivity contribution < 1.29 is 23.1 Å². The van der Waals surface area contributed by atoms with E-state index < -0.39 is 23.6 Å². The van der Waals surface area contributed by atoms with Crippen LogP contribution in [-0.4, -0.2) is 56.1 Å². The highest BCUT2D eigenvalue weighted by Gasteiger charge is 2.25. The predicted octanol–water partition coefficient (Wildman–Crippen LogP) is 0.350. The number of rotatable bonds is 4. The Morgan fingerprint density at radius 3 is 2.64 bits per heavy atom. The summed E-state index contributed by atoms with van der Waals surface area (Å²) in [5.41, 5.74) is 0.00229. The molecule has 2 rings (SSSR count). The number of halogens is 2. The minimum absolute atomic E-state index is 0.00229. The number of nitrogens with zero attached hydrogens (tertiary/aromatic N) is 1. The topological polar surface area (TPSA) is 70.7 Å². The Morgan fingerprint density at radius 2 is 2.05 bits per heavy atom. The standard InChI is InChI=1S/C14H17F2N3O3/c1-19(14(21)12-8-22-3-2-17-12)7-13(20)18-11-5-9(15)4-10(16)6-11/h4-6,12,17H,2-3,7-8H2,1H3,(H,18,20). The van der Waals surface area contributed by atoms with E-state index >= 15 is 0 Å². The summed E-state index contributed by atoms with van der Waals surface area (Å²) in [4.78, 5) is 25.1. The lowest BCUT2D eigenvalue weighted by atomic mass is 10.2. The fourth-order valence-electron chi connectivity index (χ4n) is 2.11. The van der Waals surface area contributed by atoms with Gasteiger partial charge < -0.3 is 20.3 Å². The largest absolute Gasteiger partial charge is 0.378 e. The first-order valence-corrected chi connectivity index (χ1v) is 6.78. The molecule has 120 valence electrons. The van der Waals surface area contributed by atoms with E-state index in [4.69, 9.17) is 4.74 Å².